The van der Waals surface area contributed by atoms with Crippen LogP contribution in [0.3, 0.4) is 0 Å². The maximum Gasteiger partial charge on any atom is 0.237 e. The van der Waals surface area contributed by atoms with Crippen LogP contribution in [-0.4, -0.2) is 24.2 Å². The van der Waals surface area contributed by atoms with Gasteiger partial charge < -0.3 is 20.9 Å². The van der Waals surface area contributed by atoms with Crippen molar-refractivity contribution < 1.29 is 14.3 Å². The molecular weight excluding hydrogens is 256 g/mol. The van der Waals surface area contributed by atoms with Gasteiger partial charge in [-0.25, -0.2) is 0 Å². The fourth-order valence-corrected chi connectivity index (χ4v) is 2.58. The molecule has 0 radical (unpaired) electrons. The molecule has 0 bridgehead atoms. The summed E-state index contributed by atoms with van der Waals surface area (Å²) in [5.74, 6) is 1.05. The van der Waals surface area contributed by atoms with E-state index < -0.39 is 11.4 Å². The minimum Gasteiger partial charge on any atom is -0.494 e. The third-order valence-electron chi connectivity index (χ3n) is 3.65. The molecule has 0 heterocycles. The van der Waals surface area contributed by atoms with Crippen molar-refractivity contribution in [2.24, 2.45) is 11.5 Å². The van der Waals surface area contributed by atoms with Crippen LogP contribution in [0.2, 0.25) is 0 Å². The van der Waals surface area contributed by atoms with Crippen LogP contribution in [0.15, 0.2) is 24.3 Å². The molecule has 0 aliphatic heterocycles. The van der Waals surface area contributed by atoms with E-state index in [0.29, 0.717) is 19.4 Å². The molecule has 0 aromatic heterocycles. The minimum atomic E-state index is -0.944. The van der Waals surface area contributed by atoms with Crippen molar-refractivity contribution in [1.29, 1.82) is 0 Å². The van der Waals surface area contributed by atoms with E-state index in [4.69, 9.17) is 20.9 Å². The summed E-state index contributed by atoms with van der Waals surface area (Å²) in [6.45, 7) is 2.55. The SMILES string of the molecule is CCOc1cccc(OC2CCCC(N)(C(N)=O)C2)c1. The second-order valence-electron chi connectivity index (χ2n) is 5.26. The summed E-state index contributed by atoms with van der Waals surface area (Å²) in [6, 6.07) is 7.49. The molecule has 1 aromatic rings. The number of benzene rings is 1. The van der Waals surface area contributed by atoms with Gasteiger partial charge in [0.05, 0.1) is 12.1 Å². The zero-order valence-corrected chi connectivity index (χ0v) is 11.8. The molecule has 0 spiro atoms. The number of ether oxygens (including phenoxy) is 2. The van der Waals surface area contributed by atoms with E-state index in [1.165, 1.54) is 0 Å². The molecule has 2 atom stereocenters. The predicted molar refractivity (Wildman–Crippen MR) is 76.6 cm³/mol. The number of primary amides is 1. The minimum absolute atomic E-state index is 0.0851. The molecule has 1 aliphatic rings. The van der Waals surface area contributed by atoms with E-state index in [-0.39, 0.29) is 6.10 Å². The van der Waals surface area contributed by atoms with Gasteiger partial charge in [0.1, 0.15) is 17.6 Å². The standard InChI is InChI=1S/C15H22N2O3/c1-2-19-11-5-3-6-12(9-11)20-13-7-4-8-15(17,10-13)14(16)18/h3,5-6,9,13H,2,4,7-8,10,17H2,1H3,(H2,16,18). The molecule has 1 fully saturated rings. The van der Waals surface area contributed by atoms with Crippen LogP contribution in [-0.2, 0) is 4.79 Å². The Labute approximate surface area is 119 Å². The molecule has 1 aromatic carbocycles. The van der Waals surface area contributed by atoms with Crippen LogP contribution < -0.4 is 20.9 Å². The average molecular weight is 278 g/mol. The van der Waals surface area contributed by atoms with Crippen LogP contribution in [0.4, 0.5) is 0 Å². The number of amides is 1. The van der Waals surface area contributed by atoms with Gasteiger partial charge in [0, 0.05) is 12.5 Å². The molecule has 5 nitrogen and oxygen atoms in total. The normalized spacial score (nSPS) is 26.0. The van der Waals surface area contributed by atoms with Gasteiger partial charge >= 0.3 is 0 Å². The summed E-state index contributed by atoms with van der Waals surface area (Å²) in [4.78, 5) is 11.4. The lowest BCUT2D eigenvalue weighted by atomic mass is 9.80. The summed E-state index contributed by atoms with van der Waals surface area (Å²) < 4.78 is 11.4. The van der Waals surface area contributed by atoms with Crippen molar-refractivity contribution in [3.05, 3.63) is 24.3 Å². The zero-order valence-electron chi connectivity index (χ0n) is 11.8. The Bertz CT molecular complexity index is 478. The van der Waals surface area contributed by atoms with Gasteiger partial charge in [-0.1, -0.05) is 6.07 Å². The van der Waals surface area contributed by atoms with Gasteiger partial charge in [0.15, 0.2) is 0 Å². The fraction of sp³-hybridized carbons (Fsp3) is 0.533. The third-order valence-corrected chi connectivity index (χ3v) is 3.65. The molecule has 20 heavy (non-hydrogen) atoms. The lowest BCUT2D eigenvalue weighted by Gasteiger charge is -2.35. The van der Waals surface area contributed by atoms with E-state index in [9.17, 15) is 4.79 Å². The molecule has 1 aliphatic carbocycles. The molecule has 1 amide bonds. The lowest BCUT2D eigenvalue weighted by Crippen LogP contribution is -2.56. The second-order valence-corrected chi connectivity index (χ2v) is 5.26. The number of hydrogen-bond acceptors (Lipinski definition) is 4. The highest BCUT2D eigenvalue weighted by atomic mass is 16.5. The summed E-state index contributed by atoms with van der Waals surface area (Å²) >= 11 is 0. The molecule has 2 rings (SSSR count). The molecular formula is C15H22N2O3. The Morgan fingerprint density at radius 1 is 1.45 bits per heavy atom. The lowest BCUT2D eigenvalue weighted by molar-refractivity contribution is -0.125. The van der Waals surface area contributed by atoms with Gasteiger partial charge in [-0.2, -0.15) is 0 Å². The van der Waals surface area contributed by atoms with Gasteiger partial charge in [0.2, 0.25) is 5.91 Å². The van der Waals surface area contributed by atoms with E-state index in [0.717, 1.165) is 24.3 Å². The van der Waals surface area contributed by atoms with E-state index in [1.54, 1.807) is 0 Å². The van der Waals surface area contributed by atoms with Crippen LogP contribution in [0.5, 0.6) is 11.5 Å². The van der Waals surface area contributed by atoms with Gasteiger partial charge in [0.25, 0.3) is 0 Å². The van der Waals surface area contributed by atoms with Crippen LogP contribution in [0.1, 0.15) is 32.6 Å². The largest absolute Gasteiger partial charge is 0.494 e. The van der Waals surface area contributed by atoms with Gasteiger partial charge in [-0.3, -0.25) is 4.79 Å². The molecule has 5 heteroatoms. The maximum atomic E-state index is 11.4. The number of rotatable bonds is 5. The molecule has 1 saturated carbocycles. The van der Waals surface area contributed by atoms with Crippen molar-refractivity contribution in [3.8, 4) is 11.5 Å². The van der Waals surface area contributed by atoms with Crippen LogP contribution in [0, 0.1) is 0 Å². The Kier molecular flexibility index (Phi) is 4.49. The highest BCUT2D eigenvalue weighted by Gasteiger charge is 2.38. The Balaban J connectivity index is 2.02. The van der Waals surface area contributed by atoms with Crippen molar-refractivity contribution in [2.75, 3.05) is 6.61 Å². The number of hydrogen-bond donors (Lipinski definition) is 2. The zero-order chi connectivity index (χ0) is 14.6. The molecule has 0 saturated heterocycles. The second kappa shape index (κ2) is 6.13. The average Bonchev–Trinajstić information content (AvgIpc) is 2.39. The number of nitrogens with two attached hydrogens (primary N) is 2. The molecule has 2 unspecified atom stereocenters. The first-order valence-electron chi connectivity index (χ1n) is 7.02. The summed E-state index contributed by atoms with van der Waals surface area (Å²) in [6.07, 6.45) is 2.72. The van der Waals surface area contributed by atoms with E-state index >= 15 is 0 Å². The first kappa shape index (κ1) is 14.7. The smallest absolute Gasteiger partial charge is 0.237 e. The summed E-state index contributed by atoms with van der Waals surface area (Å²) in [5, 5.41) is 0. The van der Waals surface area contributed by atoms with Crippen LogP contribution in [0.25, 0.3) is 0 Å². The van der Waals surface area contributed by atoms with Crippen molar-refractivity contribution in [1.82, 2.24) is 0 Å². The maximum absolute atomic E-state index is 11.4. The number of carbonyl (C=O) groups is 1. The van der Waals surface area contributed by atoms with Crippen molar-refractivity contribution >= 4 is 5.91 Å². The highest BCUT2D eigenvalue weighted by molar-refractivity contribution is 5.84. The van der Waals surface area contributed by atoms with Crippen molar-refractivity contribution in [3.63, 3.8) is 0 Å². The highest BCUT2D eigenvalue weighted by Crippen LogP contribution is 2.30. The first-order valence-corrected chi connectivity index (χ1v) is 7.02. The summed E-state index contributed by atoms with van der Waals surface area (Å²) in [7, 11) is 0. The fourth-order valence-electron chi connectivity index (χ4n) is 2.58. The topological polar surface area (TPSA) is 87.6 Å². The quantitative estimate of drug-likeness (QED) is 0.856. The van der Waals surface area contributed by atoms with E-state index in [1.807, 2.05) is 31.2 Å². The molecule has 4 N–H and O–H groups in total. The third kappa shape index (κ3) is 3.42. The van der Waals surface area contributed by atoms with Crippen LogP contribution >= 0.6 is 0 Å². The van der Waals surface area contributed by atoms with Gasteiger partial charge in [-0.05, 0) is 38.3 Å². The monoisotopic (exact) mass is 278 g/mol. The van der Waals surface area contributed by atoms with Crippen molar-refractivity contribution in [2.45, 2.75) is 44.2 Å². The predicted octanol–water partition coefficient (Wildman–Crippen LogP) is 1.59. The van der Waals surface area contributed by atoms with Gasteiger partial charge in [-0.15, -0.1) is 0 Å². The number of carbonyl (C=O) groups excluding carboxylic acids is 1. The first-order chi connectivity index (χ1) is 9.53. The Hall–Kier alpha value is -1.75. The van der Waals surface area contributed by atoms with E-state index in [2.05, 4.69) is 0 Å². The molecule has 110 valence electrons. The Morgan fingerprint density at radius 2 is 2.20 bits per heavy atom. The summed E-state index contributed by atoms with van der Waals surface area (Å²) in [5.41, 5.74) is 10.5. The Morgan fingerprint density at radius 3 is 2.90 bits per heavy atom.